The maximum absolute atomic E-state index is 14.2. The van der Waals surface area contributed by atoms with E-state index in [1.54, 1.807) is 18.4 Å². The molecule has 1 saturated heterocycles. The summed E-state index contributed by atoms with van der Waals surface area (Å²) in [5, 5.41) is -0.408. The number of benzene rings is 1. The lowest BCUT2D eigenvalue weighted by Gasteiger charge is -2.38. The Bertz CT molecular complexity index is 1090. The van der Waals surface area contributed by atoms with Gasteiger partial charge in [-0.25, -0.2) is 22.2 Å². The lowest BCUT2D eigenvalue weighted by molar-refractivity contribution is -0.0536. The van der Waals surface area contributed by atoms with Crippen LogP contribution in [0.1, 0.15) is 50.2 Å². The lowest BCUT2D eigenvalue weighted by atomic mass is 9.93. The second-order valence-corrected chi connectivity index (χ2v) is 10.9. The van der Waals surface area contributed by atoms with Gasteiger partial charge in [-0.2, -0.15) is 0 Å². The molecule has 1 aromatic heterocycles. The van der Waals surface area contributed by atoms with E-state index in [9.17, 15) is 17.2 Å². The second kappa shape index (κ2) is 8.23. The predicted octanol–water partition coefficient (Wildman–Crippen LogP) is 2.54. The topological polar surface area (TPSA) is 90.5 Å². The van der Waals surface area contributed by atoms with Gasteiger partial charge in [-0.05, 0) is 45.4 Å². The van der Waals surface area contributed by atoms with Gasteiger partial charge in [0.15, 0.2) is 0 Å². The van der Waals surface area contributed by atoms with Gasteiger partial charge in [0.25, 0.3) is 0 Å². The molecule has 2 aliphatic heterocycles. The number of imidazole rings is 1. The van der Waals surface area contributed by atoms with E-state index in [1.807, 2.05) is 6.92 Å². The van der Waals surface area contributed by atoms with Crippen molar-refractivity contribution in [2.75, 3.05) is 6.61 Å². The average Bonchev–Trinajstić information content (AvgIpc) is 3.28. The van der Waals surface area contributed by atoms with Gasteiger partial charge in [0.05, 0.1) is 23.2 Å². The van der Waals surface area contributed by atoms with Crippen LogP contribution in [0.2, 0.25) is 0 Å². The number of hydrogen-bond acceptors (Lipinski definition) is 6. The van der Waals surface area contributed by atoms with Crippen molar-refractivity contribution in [3.8, 4) is 0 Å². The summed E-state index contributed by atoms with van der Waals surface area (Å²) in [6.07, 6.45) is -0.156. The smallest absolute Gasteiger partial charge is 0.228 e. The minimum Gasteiger partial charge on any atom is -0.370 e. The third-order valence-electron chi connectivity index (χ3n) is 6.20. The summed E-state index contributed by atoms with van der Waals surface area (Å²) in [6.45, 7) is 7.09. The molecule has 0 radical (unpaired) electrons. The van der Waals surface area contributed by atoms with Gasteiger partial charge < -0.3 is 15.0 Å². The summed E-state index contributed by atoms with van der Waals surface area (Å²) < 4.78 is 60.8. The molecule has 10 heteroatoms. The van der Waals surface area contributed by atoms with E-state index in [0.717, 1.165) is 29.6 Å². The first-order valence-corrected chi connectivity index (χ1v) is 12.1. The number of aromatic nitrogens is 2. The van der Waals surface area contributed by atoms with Crippen LogP contribution < -0.4 is 5.73 Å². The summed E-state index contributed by atoms with van der Waals surface area (Å²) in [6, 6.07) is 2.78. The third-order valence-corrected chi connectivity index (χ3v) is 8.26. The zero-order valence-electron chi connectivity index (χ0n) is 17.9. The van der Waals surface area contributed by atoms with E-state index in [4.69, 9.17) is 10.5 Å². The molecular weight excluding hydrogens is 426 g/mol. The molecule has 0 unspecified atom stereocenters. The molecule has 0 saturated carbocycles. The molecule has 0 spiro atoms. The normalized spacial score (nSPS) is 24.7. The summed E-state index contributed by atoms with van der Waals surface area (Å²) in [4.78, 5) is 6.63. The van der Waals surface area contributed by atoms with Crippen LogP contribution in [-0.4, -0.2) is 46.8 Å². The second-order valence-electron chi connectivity index (χ2n) is 8.50. The molecule has 0 aliphatic carbocycles. The molecule has 2 N–H and O–H groups in total. The quantitative estimate of drug-likeness (QED) is 0.747. The van der Waals surface area contributed by atoms with Gasteiger partial charge in [0, 0.05) is 37.3 Å². The van der Waals surface area contributed by atoms with Crippen LogP contribution in [0.4, 0.5) is 8.78 Å². The summed E-state index contributed by atoms with van der Waals surface area (Å²) in [7, 11) is -3.47. The van der Waals surface area contributed by atoms with Crippen molar-refractivity contribution in [3.05, 3.63) is 46.8 Å². The Labute approximate surface area is 181 Å². The number of nitrogens with two attached hydrogens (primary N) is 1. The first-order valence-electron chi connectivity index (χ1n) is 10.5. The van der Waals surface area contributed by atoms with Crippen LogP contribution in [0.15, 0.2) is 23.4 Å². The van der Waals surface area contributed by atoms with Crippen LogP contribution in [-0.2, 0) is 34.2 Å². The highest BCUT2D eigenvalue weighted by Gasteiger charge is 2.39. The van der Waals surface area contributed by atoms with E-state index in [1.165, 1.54) is 0 Å². The predicted molar refractivity (Wildman–Crippen MR) is 111 cm³/mol. The Morgan fingerprint density at radius 3 is 2.68 bits per heavy atom. The Morgan fingerprint density at radius 1 is 1.29 bits per heavy atom. The summed E-state index contributed by atoms with van der Waals surface area (Å²) >= 11 is 0. The van der Waals surface area contributed by atoms with E-state index in [-0.39, 0.29) is 16.8 Å². The van der Waals surface area contributed by atoms with Crippen molar-refractivity contribution in [2.24, 2.45) is 5.73 Å². The van der Waals surface area contributed by atoms with Crippen molar-refractivity contribution in [1.29, 1.82) is 0 Å². The SMILES string of the molecule is CCn1c(S(=O)(=O)C(C)C)nc2c1CN([C@H]1CO[C@H](c3cc(F)ccc3F)[C@@H](N)C1)C2. The maximum atomic E-state index is 14.2. The zero-order valence-corrected chi connectivity index (χ0v) is 18.7. The van der Waals surface area contributed by atoms with E-state index in [2.05, 4.69) is 9.88 Å². The molecule has 2 aromatic rings. The molecule has 31 heavy (non-hydrogen) atoms. The zero-order chi connectivity index (χ0) is 22.5. The van der Waals surface area contributed by atoms with Gasteiger partial charge >= 0.3 is 0 Å². The molecule has 4 rings (SSSR count). The molecule has 1 fully saturated rings. The fraction of sp³-hybridized carbons (Fsp3) is 0.571. The Kier molecular flexibility index (Phi) is 5.93. The fourth-order valence-electron chi connectivity index (χ4n) is 4.42. The Morgan fingerprint density at radius 2 is 2.03 bits per heavy atom. The van der Waals surface area contributed by atoms with E-state index < -0.39 is 38.9 Å². The number of fused-ring (bicyclic) bond motifs is 1. The maximum Gasteiger partial charge on any atom is 0.228 e. The molecule has 0 bridgehead atoms. The minimum absolute atomic E-state index is 0.0208. The molecular formula is C21H28F2N4O3S. The standard InChI is InChI=1S/C21H28F2N4O3S/c1-4-27-19-10-26(9-18(19)25-21(27)31(28,29)12(2)3)14-8-17(24)20(30-11-14)15-7-13(22)5-6-16(15)23/h5-7,12,14,17,20H,4,8-11,24H2,1-3H3/t14-,17+,20-/m1/s1. The highest BCUT2D eigenvalue weighted by Crippen LogP contribution is 2.35. The van der Waals surface area contributed by atoms with Crippen LogP contribution in [0.25, 0.3) is 0 Å². The van der Waals surface area contributed by atoms with Crippen molar-refractivity contribution in [3.63, 3.8) is 0 Å². The third kappa shape index (κ3) is 3.90. The van der Waals surface area contributed by atoms with Gasteiger partial charge in [0.1, 0.15) is 17.7 Å². The number of rotatable bonds is 5. The van der Waals surface area contributed by atoms with Crippen molar-refractivity contribution >= 4 is 9.84 Å². The number of hydrogen-bond donors (Lipinski definition) is 1. The fourth-order valence-corrected chi connectivity index (χ4v) is 5.63. The van der Waals surface area contributed by atoms with E-state index >= 15 is 0 Å². The van der Waals surface area contributed by atoms with E-state index in [0.29, 0.717) is 32.7 Å². The molecule has 1 aromatic carbocycles. The number of halogens is 2. The first kappa shape index (κ1) is 22.3. The number of nitrogens with zero attached hydrogens (tertiary/aromatic N) is 3. The molecule has 0 amide bonds. The number of ether oxygens (including phenoxy) is 1. The summed E-state index contributed by atoms with van der Waals surface area (Å²) in [5.74, 6) is -1.06. The first-order chi connectivity index (χ1) is 14.6. The van der Waals surface area contributed by atoms with Crippen LogP contribution in [0, 0.1) is 11.6 Å². The minimum atomic E-state index is -3.47. The van der Waals surface area contributed by atoms with Crippen LogP contribution in [0.3, 0.4) is 0 Å². The van der Waals surface area contributed by atoms with Gasteiger partial charge in [0.2, 0.25) is 15.0 Å². The monoisotopic (exact) mass is 454 g/mol. The van der Waals surface area contributed by atoms with Crippen molar-refractivity contribution in [2.45, 2.75) is 75.4 Å². The Hall–Kier alpha value is -1.88. The van der Waals surface area contributed by atoms with Gasteiger partial charge in [-0.15, -0.1) is 0 Å². The lowest BCUT2D eigenvalue weighted by Crippen LogP contribution is -2.48. The molecule has 3 heterocycles. The highest BCUT2D eigenvalue weighted by atomic mass is 32.2. The Balaban J connectivity index is 1.50. The average molecular weight is 455 g/mol. The number of sulfone groups is 1. The molecule has 170 valence electrons. The molecule has 3 atom stereocenters. The largest absolute Gasteiger partial charge is 0.370 e. The van der Waals surface area contributed by atoms with Gasteiger partial charge in [-0.1, -0.05) is 0 Å². The van der Waals surface area contributed by atoms with Crippen LogP contribution >= 0.6 is 0 Å². The summed E-state index contributed by atoms with van der Waals surface area (Å²) in [5.41, 5.74) is 8.09. The van der Waals surface area contributed by atoms with Crippen molar-refractivity contribution < 1.29 is 21.9 Å². The van der Waals surface area contributed by atoms with Crippen LogP contribution in [0.5, 0.6) is 0 Å². The highest BCUT2D eigenvalue weighted by molar-refractivity contribution is 7.91. The molecule has 7 nitrogen and oxygen atoms in total. The van der Waals surface area contributed by atoms with Crippen molar-refractivity contribution in [1.82, 2.24) is 14.5 Å². The van der Waals surface area contributed by atoms with Gasteiger partial charge in [-0.3, -0.25) is 4.90 Å². The molecule has 2 aliphatic rings.